The molecule has 1 aliphatic heterocycles. The summed E-state index contributed by atoms with van der Waals surface area (Å²) in [7, 11) is -3.65. The second kappa shape index (κ2) is 3.99. The Morgan fingerprint density at radius 3 is 3.00 bits per heavy atom. The zero-order valence-electron chi connectivity index (χ0n) is 8.15. The van der Waals surface area contributed by atoms with Crippen molar-refractivity contribution in [1.82, 2.24) is 9.55 Å². The number of hydrogen-bond donors (Lipinski definition) is 2. The number of hydrogen-bond acceptors (Lipinski definition) is 6. The fourth-order valence-corrected chi connectivity index (χ4v) is 2.05. The molecule has 9 heteroatoms. The zero-order valence-corrected chi connectivity index (χ0v) is 9.04. The summed E-state index contributed by atoms with van der Waals surface area (Å²) in [5, 5.41) is 0. The third-order valence-electron chi connectivity index (χ3n) is 2.01. The van der Waals surface area contributed by atoms with Crippen molar-refractivity contribution in [2.75, 3.05) is 18.7 Å². The van der Waals surface area contributed by atoms with Crippen LogP contribution in [0.4, 0.5) is 5.82 Å². The van der Waals surface area contributed by atoms with E-state index in [2.05, 4.69) is 9.51 Å². The molecule has 16 heavy (non-hydrogen) atoms. The summed E-state index contributed by atoms with van der Waals surface area (Å²) in [5.41, 5.74) is 4.72. The first-order valence-corrected chi connectivity index (χ1v) is 6.17. The van der Waals surface area contributed by atoms with Crippen molar-refractivity contribution in [3.05, 3.63) is 22.7 Å². The quantitative estimate of drug-likeness (QED) is 0.643. The summed E-state index contributed by atoms with van der Waals surface area (Å²) in [6.45, 7) is -0.181. The van der Waals surface area contributed by atoms with E-state index in [1.165, 1.54) is 12.3 Å². The van der Waals surface area contributed by atoms with E-state index in [0.29, 0.717) is 0 Å². The molecule has 1 aromatic rings. The van der Waals surface area contributed by atoms with E-state index in [-0.39, 0.29) is 12.4 Å². The molecule has 1 aliphatic rings. The molecule has 8 nitrogen and oxygen atoms in total. The summed E-state index contributed by atoms with van der Waals surface area (Å²) < 4.78 is 21.9. The van der Waals surface area contributed by atoms with E-state index in [9.17, 15) is 9.36 Å². The van der Waals surface area contributed by atoms with Gasteiger partial charge in [-0.1, -0.05) is 0 Å². The summed E-state index contributed by atoms with van der Waals surface area (Å²) >= 11 is 0. The van der Waals surface area contributed by atoms with Crippen LogP contribution in [-0.4, -0.2) is 27.4 Å². The molecule has 0 radical (unpaired) electrons. The number of nitrogens with zero attached hydrogens (tertiary/aromatic N) is 2. The summed E-state index contributed by atoms with van der Waals surface area (Å²) in [6, 6.07) is 1.43. The van der Waals surface area contributed by atoms with Gasteiger partial charge in [0.1, 0.15) is 12.4 Å². The molecule has 88 valence electrons. The van der Waals surface area contributed by atoms with Crippen molar-refractivity contribution in [3.8, 4) is 0 Å². The van der Waals surface area contributed by atoms with Crippen LogP contribution in [0.3, 0.4) is 0 Å². The second-order valence-corrected chi connectivity index (χ2v) is 5.02. The van der Waals surface area contributed by atoms with Crippen molar-refractivity contribution in [3.63, 3.8) is 0 Å². The van der Waals surface area contributed by atoms with Crippen molar-refractivity contribution in [1.29, 1.82) is 0 Å². The smallest absolute Gasteiger partial charge is 0.353 e. The Labute approximate surface area is 90.2 Å². The van der Waals surface area contributed by atoms with Crippen molar-refractivity contribution in [2.24, 2.45) is 0 Å². The van der Waals surface area contributed by atoms with Gasteiger partial charge in [-0.15, -0.1) is 0 Å². The van der Waals surface area contributed by atoms with E-state index in [1.54, 1.807) is 0 Å². The molecule has 2 atom stereocenters. The fourth-order valence-electron chi connectivity index (χ4n) is 1.25. The molecule has 0 aromatic carbocycles. The van der Waals surface area contributed by atoms with Crippen LogP contribution in [-0.2, 0) is 13.8 Å². The van der Waals surface area contributed by atoms with Gasteiger partial charge in [-0.05, 0) is 6.07 Å². The largest absolute Gasteiger partial charge is 0.383 e. The van der Waals surface area contributed by atoms with Crippen LogP contribution in [0.2, 0.25) is 0 Å². The number of rotatable bonds is 1. The zero-order chi connectivity index (χ0) is 11.8. The molecule has 1 unspecified atom stereocenters. The molecule has 1 fully saturated rings. The fraction of sp³-hybridized carbons (Fsp3) is 0.429. The average Bonchev–Trinajstić information content (AvgIpc) is 2.19. The summed E-state index contributed by atoms with van der Waals surface area (Å²) in [6.07, 6.45) is 0.190. The first-order valence-electron chi connectivity index (χ1n) is 4.40. The minimum Gasteiger partial charge on any atom is -0.383 e. The normalized spacial score (nSPS) is 30.2. The van der Waals surface area contributed by atoms with Crippen molar-refractivity contribution >= 4 is 13.4 Å². The van der Waals surface area contributed by atoms with Gasteiger partial charge in [0, 0.05) is 6.20 Å². The van der Waals surface area contributed by atoms with E-state index in [1.807, 2.05) is 0 Å². The number of nitrogen functional groups attached to an aromatic ring is 1. The van der Waals surface area contributed by atoms with Crippen LogP contribution in [0, 0.1) is 0 Å². The monoisotopic (exact) mass is 247 g/mol. The van der Waals surface area contributed by atoms with Gasteiger partial charge >= 0.3 is 13.3 Å². The molecule has 0 saturated carbocycles. The summed E-state index contributed by atoms with van der Waals surface area (Å²) in [4.78, 5) is 23.9. The number of anilines is 1. The molecule has 2 heterocycles. The Balaban J connectivity index is 2.21. The molecule has 2 rings (SSSR count). The van der Waals surface area contributed by atoms with E-state index >= 15 is 0 Å². The third kappa shape index (κ3) is 2.30. The maximum absolute atomic E-state index is 11.4. The highest BCUT2D eigenvalue weighted by atomic mass is 31.2. The van der Waals surface area contributed by atoms with E-state index in [0.717, 1.165) is 4.57 Å². The van der Waals surface area contributed by atoms with Crippen LogP contribution >= 0.6 is 7.60 Å². The highest BCUT2D eigenvalue weighted by molar-refractivity contribution is 7.52. The lowest BCUT2D eigenvalue weighted by Crippen LogP contribution is -2.33. The van der Waals surface area contributed by atoms with Gasteiger partial charge in [-0.3, -0.25) is 9.13 Å². The minimum atomic E-state index is -3.65. The third-order valence-corrected chi connectivity index (χ3v) is 3.04. The van der Waals surface area contributed by atoms with Gasteiger partial charge < -0.3 is 19.9 Å². The molecule has 0 bridgehead atoms. The van der Waals surface area contributed by atoms with Gasteiger partial charge in [0.15, 0.2) is 12.6 Å². The van der Waals surface area contributed by atoms with Gasteiger partial charge in [0.05, 0.1) is 0 Å². The average molecular weight is 247 g/mol. The maximum Gasteiger partial charge on any atom is 0.353 e. The molecular formula is C7H10N3O5P. The Kier molecular flexibility index (Phi) is 2.81. The van der Waals surface area contributed by atoms with Crippen LogP contribution in [0.5, 0.6) is 0 Å². The molecule has 0 spiro atoms. The predicted octanol–water partition coefficient (Wildman–Crippen LogP) is -0.486. The van der Waals surface area contributed by atoms with Crippen LogP contribution in [0.15, 0.2) is 17.1 Å². The highest BCUT2D eigenvalue weighted by Gasteiger charge is 2.31. The van der Waals surface area contributed by atoms with Crippen LogP contribution in [0.1, 0.15) is 6.23 Å². The lowest BCUT2D eigenvalue weighted by atomic mass is 10.5. The molecule has 1 aromatic heterocycles. The summed E-state index contributed by atoms with van der Waals surface area (Å²) in [5.74, 6) is 0.103. The SMILES string of the molecule is Nc1ccn([C@@H]2COP(=O)(O)CO2)c(=O)n1. The highest BCUT2D eigenvalue weighted by Crippen LogP contribution is 2.46. The standard InChI is InChI=1S/C7H10N3O5P/c8-5-1-2-10(7(11)9-5)6-3-15-16(12,13)4-14-6/h1-2,6H,3-4H2,(H,12,13)(H2,8,9,11)/t6-/m0/s1. The first-order chi connectivity index (χ1) is 7.48. The number of nitrogens with two attached hydrogens (primary N) is 1. The first kappa shape index (κ1) is 11.3. The van der Waals surface area contributed by atoms with Gasteiger partial charge in [0.25, 0.3) is 0 Å². The Morgan fingerprint density at radius 2 is 2.44 bits per heavy atom. The van der Waals surface area contributed by atoms with Gasteiger partial charge in [-0.2, -0.15) is 4.98 Å². The van der Waals surface area contributed by atoms with E-state index < -0.39 is 25.9 Å². The molecular weight excluding hydrogens is 237 g/mol. The van der Waals surface area contributed by atoms with Gasteiger partial charge in [0.2, 0.25) is 0 Å². The van der Waals surface area contributed by atoms with Crippen LogP contribution < -0.4 is 11.4 Å². The molecule has 0 aliphatic carbocycles. The number of aromatic nitrogens is 2. The van der Waals surface area contributed by atoms with Crippen LogP contribution in [0.25, 0.3) is 0 Å². The topological polar surface area (TPSA) is 117 Å². The molecule has 1 saturated heterocycles. The van der Waals surface area contributed by atoms with Gasteiger partial charge in [-0.25, -0.2) is 4.79 Å². The Morgan fingerprint density at radius 1 is 1.69 bits per heavy atom. The lowest BCUT2D eigenvalue weighted by Gasteiger charge is -2.26. The second-order valence-electron chi connectivity index (χ2n) is 3.23. The maximum atomic E-state index is 11.4. The molecule has 3 N–H and O–H groups in total. The number of ether oxygens (including phenoxy) is 1. The Hall–Kier alpha value is -1.21. The Bertz CT molecular complexity index is 489. The molecule has 0 amide bonds. The van der Waals surface area contributed by atoms with Crippen molar-refractivity contribution < 1.29 is 18.7 Å². The predicted molar refractivity (Wildman–Crippen MR) is 53.7 cm³/mol. The lowest BCUT2D eigenvalue weighted by molar-refractivity contribution is -0.0456. The van der Waals surface area contributed by atoms with Crippen molar-refractivity contribution in [2.45, 2.75) is 6.23 Å². The minimum absolute atomic E-state index is 0.103. The van der Waals surface area contributed by atoms with E-state index in [4.69, 9.17) is 15.4 Å².